The fraction of sp³-hybridized carbons (Fsp3) is 0.545. The van der Waals surface area contributed by atoms with Gasteiger partial charge in [-0.25, -0.2) is 4.79 Å². The van der Waals surface area contributed by atoms with Crippen LogP contribution in [0.25, 0.3) is 11.3 Å². The molecule has 190 valence electrons. The largest absolute Gasteiger partial charge is 0.573 e. The molecule has 0 spiro atoms. The molecule has 1 saturated heterocycles. The lowest BCUT2D eigenvalue weighted by molar-refractivity contribution is -0.275. The quantitative estimate of drug-likeness (QED) is 0.327. The number of rotatable bonds is 7. The summed E-state index contributed by atoms with van der Waals surface area (Å²) in [5, 5.41) is 7.29. The number of hydrogen-bond acceptors (Lipinski definition) is 7. The highest BCUT2D eigenvalue weighted by atomic mass is 19.4. The molecule has 1 aliphatic heterocycles. The molecule has 3 aliphatic rings. The molecule has 3 atom stereocenters. The topological polar surface area (TPSA) is 82.8 Å². The Morgan fingerprint density at radius 2 is 1.91 bits per heavy atom. The van der Waals surface area contributed by atoms with Crippen LogP contribution in [-0.4, -0.2) is 42.4 Å². The number of nitrogens with one attached hydrogen (secondary N) is 1. The first-order valence-corrected chi connectivity index (χ1v) is 11.0. The van der Waals surface area contributed by atoms with Gasteiger partial charge in [-0.05, 0) is 43.7 Å². The maximum atomic E-state index is 13.2. The van der Waals surface area contributed by atoms with Gasteiger partial charge in [0, 0.05) is 24.1 Å². The van der Waals surface area contributed by atoms with Crippen LogP contribution in [0, 0.1) is 5.92 Å². The molecule has 0 unspecified atom stereocenters. The highest BCUT2D eigenvalue weighted by Crippen LogP contribution is 2.48. The van der Waals surface area contributed by atoms with Gasteiger partial charge < -0.3 is 24.1 Å². The predicted octanol–water partition coefficient (Wildman–Crippen LogP) is 4.85. The highest BCUT2D eigenvalue weighted by molar-refractivity contribution is 5.81. The Morgan fingerprint density at radius 1 is 1.14 bits per heavy atom. The zero-order valence-corrected chi connectivity index (χ0v) is 18.0. The van der Waals surface area contributed by atoms with Crippen LogP contribution in [0.3, 0.4) is 0 Å². The number of piperidine rings is 1. The minimum Gasteiger partial charge on any atom is -0.416 e. The van der Waals surface area contributed by atoms with Crippen molar-refractivity contribution in [1.82, 2.24) is 10.5 Å². The number of benzene rings is 1. The lowest BCUT2D eigenvalue weighted by Gasteiger charge is -2.23. The van der Waals surface area contributed by atoms with Gasteiger partial charge in [-0.15, -0.1) is 13.2 Å². The summed E-state index contributed by atoms with van der Waals surface area (Å²) in [4.78, 5) is 11.3. The van der Waals surface area contributed by atoms with Gasteiger partial charge in [0.2, 0.25) is 0 Å². The Morgan fingerprint density at radius 3 is 2.51 bits per heavy atom. The number of esters is 1. The molecule has 2 bridgehead atoms. The molecule has 0 amide bonds. The third-order valence-electron chi connectivity index (χ3n) is 6.39. The second-order valence-corrected chi connectivity index (χ2v) is 8.90. The summed E-state index contributed by atoms with van der Waals surface area (Å²) in [7, 11) is 0. The molecule has 7 nitrogen and oxygen atoms in total. The second-order valence-electron chi connectivity index (χ2n) is 8.90. The Hall–Kier alpha value is -2.80. The summed E-state index contributed by atoms with van der Waals surface area (Å²) in [6, 6.07) is 3.44. The van der Waals surface area contributed by atoms with Gasteiger partial charge in [-0.2, -0.15) is 13.2 Å². The molecule has 5 rings (SSSR count). The summed E-state index contributed by atoms with van der Waals surface area (Å²) in [5.41, 5.74) is -0.00875. The van der Waals surface area contributed by atoms with E-state index in [1.807, 2.05) is 0 Å². The molecular weight excluding hydrogens is 486 g/mol. The van der Waals surface area contributed by atoms with Crippen molar-refractivity contribution in [2.75, 3.05) is 6.54 Å². The number of carbonyl (C=O) groups excluding carboxylic acids is 1. The fourth-order valence-corrected chi connectivity index (χ4v) is 4.68. The van der Waals surface area contributed by atoms with Crippen molar-refractivity contribution in [1.29, 1.82) is 0 Å². The van der Waals surface area contributed by atoms with Crippen LogP contribution in [0.15, 0.2) is 22.7 Å². The van der Waals surface area contributed by atoms with Crippen molar-refractivity contribution >= 4 is 5.97 Å². The highest BCUT2D eigenvalue weighted by Gasteiger charge is 2.44. The summed E-state index contributed by atoms with van der Waals surface area (Å²) in [5.74, 6) is -4.06. The Labute approximate surface area is 194 Å². The number of fused-ring (bicyclic) bond motifs is 2. The average Bonchev–Trinajstić information content (AvgIpc) is 3.19. The van der Waals surface area contributed by atoms with Crippen molar-refractivity contribution in [2.45, 2.75) is 62.9 Å². The van der Waals surface area contributed by atoms with Crippen LogP contribution < -0.4 is 14.8 Å². The van der Waals surface area contributed by atoms with Gasteiger partial charge in [-0.1, -0.05) is 11.2 Å². The number of carbonyl (C=O) groups is 1. The number of alkyl halides is 6. The molecule has 0 radical (unpaired) electrons. The molecule has 2 aliphatic carbocycles. The minimum atomic E-state index is -5.42. The van der Waals surface area contributed by atoms with Crippen molar-refractivity contribution in [2.24, 2.45) is 5.92 Å². The van der Waals surface area contributed by atoms with Crippen LogP contribution in [0.5, 0.6) is 11.5 Å². The van der Waals surface area contributed by atoms with E-state index >= 15 is 0 Å². The van der Waals surface area contributed by atoms with Gasteiger partial charge in [0.1, 0.15) is 11.5 Å². The summed E-state index contributed by atoms with van der Waals surface area (Å²) >= 11 is 0. The van der Waals surface area contributed by atoms with E-state index < -0.39 is 30.0 Å². The zero-order valence-electron chi connectivity index (χ0n) is 18.0. The first kappa shape index (κ1) is 23.9. The van der Waals surface area contributed by atoms with Crippen LogP contribution in [0.1, 0.15) is 42.9 Å². The standard InChI is InChI=1S/C22H20F6N2O5/c23-21(24,25)20(31)33-15-3-1-2-13(19(15)34-22(26,27)28)17-14(18(35-30-17)10-4-5-10)9-32-16-7-12-6-11(16)8-29-12/h1-3,10-12,16,29H,4-9H2/t11-,12-,16+/m0/s1. The maximum absolute atomic E-state index is 13.2. The first-order valence-electron chi connectivity index (χ1n) is 11.0. The van der Waals surface area contributed by atoms with E-state index in [2.05, 4.69) is 19.9 Å². The number of ether oxygens (including phenoxy) is 3. The molecule has 3 fully saturated rings. The molecule has 1 aromatic heterocycles. The van der Waals surface area contributed by atoms with Gasteiger partial charge in [-0.3, -0.25) is 0 Å². The molecular formula is C22H20F6N2O5. The second kappa shape index (κ2) is 8.70. The van der Waals surface area contributed by atoms with Gasteiger partial charge in [0.25, 0.3) is 0 Å². The Kier molecular flexibility index (Phi) is 5.94. The molecule has 2 heterocycles. The van der Waals surface area contributed by atoms with E-state index in [9.17, 15) is 31.1 Å². The lowest BCUT2D eigenvalue weighted by Crippen LogP contribution is -2.34. The van der Waals surface area contributed by atoms with Gasteiger partial charge in [0.05, 0.1) is 18.3 Å². The number of nitrogens with zero attached hydrogens (tertiary/aromatic N) is 1. The molecule has 35 heavy (non-hydrogen) atoms. The third-order valence-corrected chi connectivity index (χ3v) is 6.39. The minimum absolute atomic E-state index is 0.00340. The Bertz CT molecular complexity index is 1110. The van der Waals surface area contributed by atoms with E-state index in [4.69, 9.17) is 9.26 Å². The molecule has 2 saturated carbocycles. The SMILES string of the molecule is O=C(Oc1cccc(-c2noc(C3CC3)c2CO[C@@H]2C[C@@H]3C[C@H]2CN3)c1OC(F)(F)F)C(F)(F)F. The summed E-state index contributed by atoms with van der Waals surface area (Å²) in [6.07, 6.45) is -7.37. The van der Waals surface area contributed by atoms with Crippen LogP contribution in [-0.2, 0) is 16.1 Å². The number of para-hydroxylation sites is 1. The first-order chi connectivity index (χ1) is 16.5. The maximum Gasteiger partial charge on any atom is 0.573 e. The smallest absolute Gasteiger partial charge is 0.416 e. The zero-order chi connectivity index (χ0) is 25.0. The number of aromatic nitrogens is 1. The van der Waals surface area contributed by atoms with Crippen LogP contribution in [0.4, 0.5) is 26.3 Å². The molecule has 13 heteroatoms. The van der Waals surface area contributed by atoms with Crippen molar-refractivity contribution < 1.29 is 49.9 Å². The van der Waals surface area contributed by atoms with Gasteiger partial charge >= 0.3 is 18.5 Å². The Balaban J connectivity index is 1.50. The lowest BCUT2D eigenvalue weighted by atomic mass is 10.0. The monoisotopic (exact) mass is 506 g/mol. The van der Waals surface area contributed by atoms with Crippen LogP contribution >= 0.6 is 0 Å². The van der Waals surface area contributed by atoms with Crippen molar-refractivity contribution in [3.05, 3.63) is 29.5 Å². The molecule has 2 aromatic rings. The van der Waals surface area contributed by atoms with E-state index in [0.717, 1.165) is 44.4 Å². The molecule has 1 N–H and O–H groups in total. The van der Waals surface area contributed by atoms with Crippen molar-refractivity contribution in [3.8, 4) is 22.8 Å². The van der Waals surface area contributed by atoms with Crippen molar-refractivity contribution in [3.63, 3.8) is 0 Å². The third kappa shape index (κ3) is 5.10. The van der Waals surface area contributed by atoms with Gasteiger partial charge in [0.15, 0.2) is 11.5 Å². The molecule has 1 aromatic carbocycles. The van der Waals surface area contributed by atoms with E-state index in [0.29, 0.717) is 23.3 Å². The van der Waals surface area contributed by atoms with Crippen LogP contribution in [0.2, 0.25) is 0 Å². The summed E-state index contributed by atoms with van der Waals surface area (Å²) < 4.78 is 97.6. The average molecular weight is 506 g/mol. The van der Waals surface area contributed by atoms with E-state index in [-0.39, 0.29) is 29.9 Å². The number of hydrogen-bond donors (Lipinski definition) is 1. The fourth-order valence-electron chi connectivity index (χ4n) is 4.68. The van der Waals surface area contributed by atoms with E-state index in [1.54, 1.807) is 0 Å². The normalized spacial score (nSPS) is 24.1. The number of halogens is 6. The summed E-state index contributed by atoms with van der Waals surface area (Å²) in [6.45, 7) is 0.814. The predicted molar refractivity (Wildman–Crippen MR) is 105 cm³/mol. The van der Waals surface area contributed by atoms with E-state index in [1.165, 1.54) is 6.07 Å².